The maximum Gasteiger partial charge on any atom is 0.225 e. The van der Waals surface area contributed by atoms with Gasteiger partial charge >= 0.3 is 0 Å². The molecule has 0 atom stereocenters. The Bertz CT molecular complexity index is 531. The molecule has 0 aromatic carbocycles. The smallest absolute Gasteiger partial charge is 0.225 e. The highest BCUT2D eigenvalue weighted by Gasteiger charge is 2.17. The van der Waals surface area contributed by atoms with Crippen LogP contribution >= 0.6 is 0 Å². The van der Waals surface area contributed by atoms with Crippen LogP contribution in [0.15, 0.2) is 11.1 Å². The molecule has 1 aliphatic carbocycles. The lowest BCUT2D eigenvalue weighted by molar-refractivity contribution is 0.315. The molecule has 0 unspecified atom stereocenters. The molecule has 0 spiro atoms. The molecule has 1 saturated heterocycles. The molecule has 2 aliphatic rings. The highest BCUT2D eigenvalue weighted by Crippen LogP contribution is 2.25. The molecule has 0 amide bonds. The van der Waals surface area contributed by atoms with Crippen molar-refractivity contribution in [3.05, 3.63) is 17.5 Å². The van der Waals surface area contributed by atoms with Crippen LogP contribution in [0.4, 0.5) is 5.95 Å². The van der Waals surface area contributed by atoms with E-state index in [-0.39, 0.29) is 0 Å². The number of aromatic nitrogens is 2. The Morgan fingerprint density at radius 3 is 2.77 bits per heavy atom. The van der Waals surface area contributed by atoms with Crippen LogP contribution in [0.25, 0.3) is 0 Å². The fourth-order valence-electron chi connectivity index (χ4n) is 2.92. The molecular formula is C16H26N6. The molecule has 6 nitrogen and oxygen atoms in total. The Balaban J connectivity index is 1.58. The zero-order valence-corrected chi connectivity index (χ0v) is 13.4. The van der Waals surface area contributed by atoms with E-state index in [9.17, 15) is 0 Å². The third-order valence-corrected chi connectivity index (χ3v) is 4.49. The first-order chi connectivity index (χ1) is 10.7. The van der Waals surface area contributed by atoms with Crippen molar-refractivity contribution in [3.63, 3.8) is 0 Å². The summed E-state index contributed by atoms with van der Waals surface area (Å²) in [6, 6.07) is 1.99. The quantitative estimate of drug-likeness (QED) is 0.638. The summed E-state index contributed by atoms with van der Waals surface area (Å²) < 4.78 is 0. The van der Waals surface area contributed by atoms with Gasteiger partial charge in [-0.05, 0) is 44.6 Å². The van der Waals surface area contributed by atoms with Crippen molar-refractivity contribution in [3.8, 4) is 0 Å². The third-order valence-electron chi connectivity index (χ3n) is 4.49. The monoisotopic (exact) mass is 302 g/mol. The van der Waals surface area contributed by atoms with Crippen molar-refractivity contribution in [1.29, 1.82) is 0 Å². The molecule has 3 N–H and O–H groups in total. The average molecular weight is 302 g/mol. The van der Waals surface area contributed by atoms with Gasteiger partial charge in [0.2, 0.25) is 5.95 Å². The molecule has 120 valence electrons. The standard InChI is InChI=1S/C16H26N6/c1-12-9-14(21-16(20-12)22-7-2-3-8-22)11-19-15(17)18-10-13-5-4-6-13/h9,13H,2-8,10-11H2,1H3,(H3,17,18,19). The van der Waals surface area contributed by atoms with E-state index in [2.05, 4.69) is 25.2 Å². The lowest BCUT2D eigenvalue weighted by Gasteiger charge is -2.25. The van der Waals surface area contributed by atoms with E-state index in [1.54, 1.807) is 0 Å². The number of anilines is 1. The average Bonchev–Trinajstić information content (AvgIpc) is 2.97. The largest absolute Gasteiger partial charge is 0.370 e. The van der Waals surface area contributed by atoms with Crippen molar-refractivity contribution in [2.45, 2.75) is 45.6 Å². The number of rotatable bonds is 5. The number of aryl methyl sites for hydroxylation is 1. The van der Waals surface area contributed by atoms with E-state index in [4.69, 9.17) is 5.73 Å². The van der Waals surface area contributed by atoms with E-state index in [0.29, 0.717) is 12.5 Å². The third kappa shape index (κ3) is 3.87. The van der Waals surface area contributed by atoms with Crippen molar-refractivity contribution in [2.75, 3.05) is 24.5 Å². The van der Waals surface area contributed by atoms with E-state index in [1.165, 1.54) is 32.1 Å². The number of nitrogens with zero attached hydrogens (tertiary/aromatic N) is 4. The molecule has 2 heterocycles. The maximum atomic E-state index is 5.93. The van der Waals surface area contributed by atoms with Crippen LogP contribution in [-0.4, -0.2) is 35.6 Å². The molecule has 1 aromatic rings. The molecule has 1 aliphatic heterocycles. The van der Waals surface area contributed by atoms with Crippen molar-refractivity contribution in [2.24, 2.45) is 16.6 Å². The summed E-state index contributed by atoms with van der Waals surface area (Å²) >= 11 is 0. The van der Waals surface area contributed by atoms with Gasteiger partial charge in [-0.15, -0.1) is 0 Å². The van der Waals surface area contributed by atoms with Crippen LogP contribution < -0.4 is 16.0 Å². The van der Waals surface area contributed by atoms with Gasteiger partial charge < -0.3 is 16.0 Å². The van der Waals surface area contributed by atoms with E-state index < -0.39 is 0 Å². The first kappa shape index (κ1) is 15.1. The molecule has 1 aromatic heterocycles. The van der Waals surface area contributed by atoms with Gasteiger partial charge in [0.05, 0.1) is 12.2 Å². The van der Waals surface area contributed by atoms with Gasteiger partial charge in [-0.1, -0.05) is 6.42 Å². The minimum atomic E-state index is 0.508. The van der Waals surface area contributed by atoms with Gasteiger partial charge in [-0.25, -0.2) is 15.0 Å². The number of nitrogens with two attached hydrogens (primary N) is 1. The summed E-state index contributed by atoms with van der Waals surface area (Å²) in [5.41, 5.74) is 7.85. The lowest BCUT2D eigenvalue weighted by atomic mass is 9.85. The van der Waals surface area contributed by atoms with Gasteiger partial charge in [0.1, 0.15) is 0 Å². The minimum Gasteiger partial charge on any atom is -0.370 e. The van der Waals surface area contributed by atoms with Crippen LogP contribution in [0.3, 0.4) is 0 Å². The predicted molar refractivity (Wildman–Crippen MR) is 88.9 cm³/mol. The number of aliphatic imine (C=N–C) groups is 1. The fourth-order valence-corrected chi connectivity index (χ4v) is 2.92. The fraction of sp³-hybridized carbons (Fsp3) is 0.688. The van der Waals surface area contributed by atoms with Crippen molar-refractivity contribution >= 4 is 11.9 Å². The minimum absolute atomic E-state index is 0.508. The summed E-state index contributed by atoms with van der Waals surface area (Å²) in [5.74, 6) is 2.13. The highest BCUT2D eigenvalue weighted by molar-refractivity contribution is 5.77. The van der Waals surface area contributed by atoms with Gasteiger partial charge in [0, 0.05) is 25.3 Å². The zero-order valence-electron chi connectivity index (χ0n) is 13.4. The number of guanidine groups is 1. The number of hydrogen-bond donors (Lipinski definition) is 2. The van der Waals surface area contributed by atoms with Crippen molar-refractivity contribution < 1.29 is 0 Å². The zero-order chi connectivity index (χ0) is 15.4. The summed E-state index contributed by atoms with van der Waals surface area (Å²) in [6.45, 7) is 5.56. The van der Waals surface area contributed by atoms with Gasteiger partial charge in [-0.2, -0.15) is 0 Å². The molecule has 1 saturated carbocycles. The second-order valence-corrected chi connectivity index (χ2v) is 6.37. The topological polar surface area (TPSA) is 79.4 Å². The second-order valence-electron chi connectivity index (χ2n) is 6.37. The Labute approximate surface area is 132 Å². The Morgan fingerprint density at radius 2 is 2.09 bits per heavy atom. The summed E-state index contributed by atoms with van der Waals surface area (Å²) in [6.07, 6.45) is 6.42. The van der Waals surface area contributed by atoms with Crippen LogP contribution in [0.1, 0.15) is 43.5 Å². The molecule has 2 fully saturated rings. The van der Waals surface area contributed by atoms with Crippen LogP contribution in [0.5, 0.6) is 0 Å². The first-order valence-corrected chi connectivity index (χ1v) is 8.34. The number of nitrogens with one attached hydrogen (secondary N) is 1. The van der Waals surface area contributed by atoms with E-state index in [1.807, 2.05) is 13.0 Å². The predicted octanol–water partition coefficient (Wildman–Crippen LogP) is 1.59. The normalized spacial score (nSPS) is 19.3. The summed E-state index contributed by atoms with van der Waals surface area (Å²) in [7, 11) is 0. The molecule has 0 bridgehead atoms. The van der Waals surface area contributed by atoms with Gasteiger partial charge in [0.15, 0.2) is 5.96 Å². The Hall–Kier alpha value is -1.85. The Morgan fingerprint density at radius 1 is 1.32 bits per heavy atom. The van der Waals surface area contributed by atoms with Crippen LogP contribution in [0.2, 0.25) is 0 Å². The number of hydrogen-bond acceptors (Lipinski definition) is 4. The maximum absolute atomic E-state index is 5.93. The van der Waals surface area contributed by atoms with E-state index >= 15 is 0 Å². The van der Waals surface area contributed by atoms with Gasteiger partial charge in [0.25, 0.3) is 0 Å². The Kier molecular flexibility index (Phi) is 4.75. The molecule has 6 heteroatoms. The highest BCUT2D eigenvalue weighted by atomic mass is 15.3. The van der Waals surface area contributed by atoms with Gasteiger partial charge in [-0.3, -0.25) is 0 Å². The molecule has 0 radical (unpaired) electrons. The summed E-state index contributed by atoms with van der Waals surface area (Å²) in [5, 5.41) is 3.21. The molecule has 22 heavy (non-hydrogen) atoms. The van der Waals surface area contributed by atoms with E-state index in [0.717, 1.165) is 42.9 Å². The van der Waals surface area contributed by atoms with Crippen LogP contribution in [-0.2, 0) is 6.54 Å². The summed E-state index contributed by atoms with van der Waals surface area (Å²) in [4.78, 5) is 15.8. The molecular weight excluding hydrogens is 276 g/mol. The van der Waals surface area contributed by atoms with Crippen LogP contribution in [0, 0.1) is 12.8 Å². The van der Waals surface area contributed by atoms with Crippen molar-refractivity contribution in [1.82, 2.24) is 15.3 Å². The lowest BCUT2D eigenvalue weighted by Crippen LogP contribution is -2.37. The second kappa shape index (κ2) is 6.94. The SMILES string of the molecule is Cc1cc(CN=C(N)NCC2CCC2)nc(N2CCCC2)n1. The first-order valence-electron chi connectivity index (χ1n) is 8.34. The molecule has 3 rings (SSSR count).